The third-order valence-corrected chi connectivity index (χ3v) is 10.6. The van der Waals surface area contributed by atoms with Gasteiger partial charge in [0.25, 0.3) is 0 Å². The van der Waals surface area contributed by atoms with E-state index in [4.69, 9.17) is 0 Å². The fraction of sp³-hybridized carbons (Fsp3) is 0.231. The first kappa shape index (κ1) is 16.2. The van der Waals surface area contributed by atoms with Crippen LogP contribution in [-0.2, 0) is 21.8 Å². The summed E-state index contributed by atoms with van der Waals surface area (Å²) in [5, 5.41) is 0. The van der Waals surface area contributed by atoms with E-state index in [2.05, 4.69) is 62.1 Å². The molecule has 0 radical (unpaired) electrons. The molecule has 0 amide bonds. The Bertz CT molecular complexity index is 301. The summed E-state index contributed by atoms with van der Waals surface area (Å²) in [5.41, 5.74) is 0. The van der Waals surface area contributed by atoms with Gasteiger partial charge in [0, 0.05) is 0 Å². The van der Waals surface area contributed by atoms with E-state index in [0.29, 0.717) is 0 Å². The van der Waals surface area contributed by atoms with Gasteiger partial charge >= 0.3 is 94.4 Å². The maximum atomic E-state index is 4.20. The van der Waals surface area contributed by atoms with Crippen LogP contribution in [0.3, 0.4) is 0 Å². The van der Waals surface area contributed by atoms with Gasteiger partial charge in [0.15, 0.2) is 0 Å². The molecule has 0 heterocycles. The molecule has 0 saturated carbocycles. The summed E-state index contributed by atoms with van der Waals surface area (Å²) in [6.45, 7) is 6.41. The molecular formula is C13H15Cl2Zr. The van der Waals surface area contributed by atoms with Crippen LogP contribution in [0, 0.1) is 0 Å². The monoisotopic (exact) mass is 331 g/mol. The van der Waals surface area contributed by atoms with Crippen molar-refractivity contribution in [2.45, 2.75) is 14.2 Å². The number of hydrogen-bond donors (Lipinski definition) is 0. The molecule has 2 aliphatic rings. The summed E-state index contributed by atoms with van der Waals surface area (Å²) in [5.74, 6) is 0. The van der Waals surface area contributed by atoms with Gasteiger partial charge in [0.2, 0.25) is 0 Å². The van der Waals surface area contributed by atoms with Crippen molar-refractivity contribution in [3.8, 4) is 0 Å². The van der Waals surface area contributed by atoms with Gasteiger partial charge in [-0.15, -0.1) is 0 Å². The average molecular weight is 333 g/mol. The van der Waals surface area contributed by atoms with Crippen molar-refractivity contribution in [3.63, 3.8) is 0 Å². The van der Waals surface area contributed by atoms with Crippen molar-refractivity contribution in [3.05, 3.63) is 58.5 Å². The van der Waals surface area contributed by atoms with Gasteiger partial charge in [-0.3, -0.25) is 0 Å². The first-order chi connectivity index (χ1) is 6.79. The minimum absolute atomic E-state index is 0. The van der Waals surface area contributed by atoms with Gasteiger partial charge < -0.3 is 24.8 Å². The largest absolute Gasteiger partial charge is 1.00 e. The number of rotatable bonds is 3. The van der Waals surface area contributed by atoms with Gasteiger partial charge in [0.05, 0.1) is 0 Å². The minimum Gasteiger partial charge on any atom is -1.00 e. The van der Waals surface area contributed by atoms with Gasteiger partial charge in [-0.25, -0.2) is 0 Å². The topological polar surface area (TPSA) is 0 Å². The molecule has 2 aliphatic carbocycles. The summed E-state index contributed by atoms with van der Waals surface area (Å²) in [7, 11) is 0. The van der Waals surface area contributed by atoms with E-state index in [9.17, 15) is 0 Å². The second kappa shape index (κ2) is 7.48. The zero-order valence-corrected chi connectivity index (χ0v) is 13.2. The van der Waals surface area contributed by atoms with E-state index in [1.54, 1.807) is 0 Å². The van der Waals surface area contributed by atoms with Crippen LogP contribution in [0.5, 0.6) is 0 Å². The molecule has 2 rings (SSSR count). The molecule has 0 bridgehead atoms. The quantitative estimate of drug-likeness (QED) is 0.559. The molecule has 0 nitrogen and oxygen atoms in total. The van der Waals surface area contributed by atoms with Crippen LogP contribution in [0.4, 0.5) is 0 Å². The summed E-state index contributed by atoms with van der Waals surface area (Å²) >= 11 is -1.57. The van der Waals surface area contributed by atoms with Crippen molar-refractivity contribution in [2.24, 2.45) is 0 Å². The van der Waals surface area contributed by atoms with Crippen LogP contribution in [0.2, 0.25) is 7.25 Å². The maximum Gasteiger partial charge on any atom is -1.00 e. The first-order valence-corrected chi connectivity index (χ1v) is 9.08. The Balaban J connectivity index is 0.00000112. The predicted octanol–water partition coefficient (Wildman–Crippen LogP) is -2.02. The molecule has 3 heteroatoms. The molecule has 0 aromatic rings. The van der Waals surface area contributed by atoms with Crippen molar-refractivity contribution in [1.29, 1.82) is 0 Å². The third kappa shape index (κ3) is 3.59. The van der Waals surface area contributed by atoms with Crippen LogP contribution in [0.25, 0.3) is 0 Å². The van der Waals surface area contributed by atoms with Gasteiger partial charge in [-0.05, 0) is 0 Å². The van der Waals surface area contributed by atoms with Crippen molar-refractivity contribution in [1.82, 2.24) is 0 Å². The van der Waals surface area contributed by atoms with Crippen LogP contribution in [-0.4, -0.2) is 0 Å². The van der Waals surface area contributed by atoms with Crippen molar-refractivity contribution >= 4 is 0 Å². The maximum absolute atomic E-state index is 4.20. The molecule has 16 heavy (non-hydrogen) atoms. The summed E-state index contributed by atoms with van der Waals surface area (Å²) in [6, 6.07) is 0. The Hall–Kier alpha value is 0.163. The van der Waals surface area contributed by atoms with Crippen molar-refractivity contribution < 1.29 is 46.6 Å². The molecule has 85 valence electrons. The van der Waals surface area contributed by atoms with E-state index in [1.165, 1.54) is 3.28 Å². The van der Waals surface area contributed by atoms with E-state index < -0.39 is 21.8 Å². The summed E-state index contributed by atoms with van der Waals surface area (Å²) < 4.78 is 2.93. The number of allylic oxidation sites excluding steroid dienone is 9. The third-order valence-electron chi connectivity index (χ3n) is 2.71. The van der Waals surface area contributed by atoms with Crippen LogP contribution in [0.15, 0.2) is 58.5 Å². The van der Waals surface area contributed by atoms with Crippen LogP contribution in [0.1, 0.15) is 6.92 Å². The van der Waals surface area contributed by atoms with E-state index in [-0.39, 0.29) is 24.8 Å². The van der Waals surface area contributed by atoms with Crippen LogP contribution >= 0.6 is 0 Å². The van der Waals surface area contributed by atoms with Gasteiger partial charge in [0.1, 0.15) is 0 Å². The zero-order chi connectivity index (χ0) is 9.97. The Labute approximate surface area is 118 Å². The molecule has 0 aliphatic heterocycles. The first-order valence-electron chi connectivity index (χ1n) is 5.01. The van der Waals surface area contributed by atoms with E-state index in [0.717, 1.165) is 7.25 Å². The fourth-order valence-electron chi connectivity index (χ4n) is 2.07. The molecule has 0 N–H and O–H groups in total. The molecule has 0 atom stereocenters. The Morgan fingerprint density at radius 3 is 1.44 bits per heavy atom. The second-order valence-corrected chi connectivity index (χ2v) is 11.4. The summed E-state index contributed by atoms with van der Waals surface area (Å²) in [6.07, 6.45) is 18.1. The zero-order valence-electron chi connectivity index (χ0n) is 9.24. The smallest absolute Gasteiger partial charge is 1.00 e. The molecule has 0 spiro atoms. The Kier molecular flexibility index (Phi) is 7.56. The normalized spacial score (nSPS) is 17.3. The number of halogens is 2. The molecule has 0 unspecified atom stereocenters. The predicted molar refractivity (Wildman–Crippen MR) is 58.9 cm³/mol. The second-order valence-electron chi connectivity index (χ2n) is 3.83. The number of hydrogen-bond acceptors (Lipinski definition) is 0. The van der Waals surface area contributed by atoms with Gasteiger partial charge in [-0.1, -0.05) is 0 Å². The fourth-order valence-corrected chi connectivity index (χ4v) is 9.09. The minimum atomic E-state index is -1.57. The summed E-state index contributed by atoms with van der Waals surface area (Å²) in [4.78, 5) is 0. The van der Waals surface area contributed by atoms with Crippen LogP contribution < -0.4 is 24.8 Å². The SMILES string of the molecule is C=[C](C)[Zr+2]([CH]1C=CC=C1)[CH]1C=CC=C1.[Cl-].[Cl-]. The molecule has 0 saturated heterocycles. The molecular weight excluding hydrogens is 318 g/mol. The molecule has 0 fully saturated rings. The Morgan fingerprint density at radius 1 is 0.875 bits per heavy atom. The average Bonchev–Trinajstić information content (AvgIpc) is 2.75. The van der Waals surface area contributed by atoms with E-state index >= 15 is 0 Å². The van der Waals surface area contributed by atoms with E-state index in [1.807, 2.05) is 0 Å². The van der Waals surface area contributed by atoms with Gasteiger partial charge in [-0.2, -0.15) is 0 Å². The van der Waals surface area contributed by atoms with Crippen molar-refractivity contribution in [2.75, 3.05) is 0 Å². The standard InChI is InChI=1S/2C5H5.C3H5.2ClH.Zr/c2*1-2-4-5-3-1;1-3-2;;;/h2*1-5H;1H2,2H3;2*1H;/q;;;;;+2/p-2. The Morgan fingerprint density at radius 2 is 1.19 bits per heavy atom. The molecule has 0 aromatic heterocycles. The molecule has 0 aromatic carbocycles.